The Bertz CT molecular complexity index is 1090. The summed E-state index contributed by atoms with van der Waals surface area (Å²) in [4.78, 5) is 39.4. The maximum Gasteiger partial charge on any atom is 0.309 e. The van der Waals surface area contributed by atoms with Gasteiger partial charge in [0.25, 0.3) is 0 Å². The van der Waals surface area contributed by atoms with E-state index in [4.69, 9.17) is 4.74 Å². The first-order chi connectivity index (χ1) is 19.4. The van der Waals surface area contributed by atoms with Crippen molar-refractivity contribution in [2.75, 3.05) is 13.2 Å². The van der Waals surface area contributed by atoms with Gasteiger partial charge in [0, 0.05) is 6.42 Å². The van der Waals surface area contributed by atoms with Crippen LogP contribution in [0.25, 0.3) is 0 Å². The van der Waals surface area contributed by atoms with Crippen LogP contribution in [0.5, 0.6) is 0 Å². The molecule has 1 heterocycles. The number of hydrogen-bond acceptors (Lipinski definition) is 5. The summed E-state index contributed by atoms with van der Waals surface area (Å²) in [5.74, 6) is -1.54. The largest absolute Gasteiger partial charge is 0.463 e. The quantitative estimate of drug-likeness (QED) is 0.319. The highest BCUT2D eigenvalue weighted by Gasteiger charge is 2.28. The second-order valence-corrected chi connectivity index (χ2v) is 11.1. The zero-order chi connectivity index (χ0) is 28.7. The number of amides is 2. The van der Waals surface area contributed by atoms with E-state index in [1.165, 1.54) is 0 Å². The van der Waals surface area contributed by atoms with Gasteiger partial charge in [-0.25, -0.2) is 0 Å². The highest BCUT2D eigenvalue weighted by atomic mass is 16.5. The number of nitrogens with one attached hydrogen (secondary N) is 2. The van der Waals surface area contributed by atoms with Crippen molar-refractivity contribution >= 4 is 17.8 Å². The van der Waals surface area contributed by atoms with Gasteiger partial charge in [0.15, 0.2) is 0 Å². The molecule has 2 amide bonds. The normalized spacial score (nSPS) is 21.6. The Hall–Kier alpha value is -3.45. The molecule has 0 aromatic heterocycles. The molecule has 7 nitrogen and oxygen atoms in total. The van der Waals surface area contributed by atoms with Crippen LogP contribution in [0.1, 0.15) is 57.1 Å². The molecular weight excluding hydrogens is 504 g/mol. The Morgan fingerprint density at radius 1 is 1.00 bits per heavy atom. The molecule has 2 aromatic rings. The summed E-state index contributed by atoms with van der Waals surface area (Å²) in [6.07, 6.45) is 7.87. The number of rotatable bonds is 9. The van der Waals surface area contributed by atoms with Crippen LogP contribution in [0.3, 0.4) is 0 Å². The smallest absolute Gasteiger partial charge is 0.309 e. The maximum atomic E-state index is 13.4. The van der Waals surface area contributed by atoms with Gasteiger partial charge in [-0.2, -0.15) is 0 Å². The lowest BCUT2D eigenvalue weighted by Crippen LogP contribution is -2.47. The van der Waals surface area contributed by atoms with E-state index in [1.807, 2.05) is 86.7 Å². The van der Waals surface area contributed by atoms with Crippen molar-refractivity contribution in [3.63, 3.8) is 0 Å². The van der Waals surface area contributed by atoms with Crippen molar-refractivity contribution in [2.45, 2.75) is 70.9 Å². The van der Waals surface area contributed by atoms with E-state index >= 15 is 0 Å². The van der Waals surface area contributed by atoms with E-state index in [9.17, 15) is 19.5 Å². The van der Waals surface area contributed by atoms with Crippen LogP contribution < -0.4 is 10.6 Å². The zero-order valence-electron chi connectivity index (χ0n) is 23.8. The van der Waals surface area contributed by atoms with E-state index in [1.54, 1.807) is 0 Å². The fourth-order valence-electron chi connectivity index (χ4n) is 4.91. The van der Waals surface area contributed by atoms with E-state index in [2.05, 4.69) is 10.6 Å². The number of carbonyl (C=O) groups is 3. The number of benzene rings is 2. The van der Waals surface area contributed by atoms with Crippen molar-refractivity contribution in [2.24, 2.45) is 17.8 Å². The Morgan fingerprint density at radius 2 is 1.68 bits per heavy atom. The lowest BCUT2D eigenvalue weighted by molar-refractivity contribution is -0.150. The number of cyclic esters (lactones) is 1. The molecular formula is C33H44N2O5. The molecule has 4 atom stereocenters. The Kier molecular flexibility index (Phi) is 12.9. The summed E-state index contributed by atoms with van der Waals surface area (Å²) in [7, 11) is 0. The van der Waals surface area contributed by atoms with Crippen molar-refractivity contribution in [3.05, 3.63) is 83.9 Å². The van der Waals surface area contributed by atoms with Gasteiger partial charge in [-0.05, 0) is 55.6 Å². The molecule has 1 aliphatic heterocycles. The molecule has 0 saturated heterocycles. The summed E-state index contributed by atoms with van der Waals surface area (Å²) < 4.78 is 5.76. The van der Waals surface area contributed by atoms with Crippen molar-refractivity contribution < 1.29 is 24.2 Å². The van der Waals surface area contributed by atoms with E-state index in [0.29, 0.717) is 25.7 Å². The predicted molar refractivity (Wildman–Crippen MR) is 156 cm³/mol. The minimum absolute atomic E-state index is 0.00517. The van der Waals surface area contributed by atoms with Gasteiger partial charge in [-0.1, -0.05) is 86.7 Å². The highest BCUT2D eigenvalue weighted by Crippen LogP contribution is 2.20. The number of hydrogen-bond donors (Lipinski definition) is 3. The van der Waals surface area contributed by atoms with Crippen LogP contribution in [-0.4, -0.2) is 48.2 Å². The SMILES string of the molecule is CC(C)[C@H]1COC(=O)[C@@H](Cc2ccccc2)CCCC=CC[C@H](CC(=O)N[C@@H](CO)Cc2ccccc2)C(=O)N1. The van der Waals surface area contributed by atoms with Gasteiger partial charge in [0.1, 0.15) is 6.61 Å². The molecule has 3 N–H and O–H groups in total. The Balaban J connectivity index is 1.66. The number of aliphatic hydroxyl groups is 1. The van der Waals surface area contributed by atoms with Crippen LogP contribution in [0.2, 0.25) is 0 Å². The second-order valence-electron chi connectivity index (χ2n) is 11.1. The lowest BCUT2D eigenvalue weighted by atomic mass is 9.93. The maximum absolute atomic E-state index is 13.4. The van der Waals surface area contributed by atoms with E-state index < -0.39 is 12.0 Å². The molecule has 0 saturated carbocycles. The molecule has 40 heavy (non-hydrogen) atoms. The summed E-state index contributed by atoms with van der Waals surface area (Å²) in [5.41, 5.74) is 2.11. The molecule has 0 bridgehead atoms. The van der Waals surface area contributed by atoms with Crippen LogP contribution in [0.15, 0.2) is 72.8 Å². The fourth-order valence-corrected chi connectivity index (χ4v) is 4.91. The van der Waals surface area contributed by atoms with Crippen LogP contribution in [0.4, 0.5) is 0 Å². The van der Waals surface area contributed by atoms with E-state index in [-0.39, 0.29) is 55.3 Å². The second kappa shape index (κ2) is 16.6. The van der Waals surface area contributed by atoms with Crippen LogP contribution in [0, 0.1) is 17.8 Å². The Labute approximate surface area is 238 Å². The molecule has 7 heteroatoms. The van der Waals surface area contributed by atoms with Gasteiger partial charge < -0.3 is 20.5 Å². The highest BCUT2D eigenvalue weighted by molar-refractivity contribution is 5.86. The molecule has 2 aromatic carbocycles. The monoisotopic (exact) mass is 548 g/mol. The molecule has 0 radical (unpaired) electrons. The van der Waals surface area contributed by atoms with Crippen molar-refractivity contribution in [3.8, 4) is 0 Å². The minimum Gasteiger partial charge on any atom is -0.463 e. The van der Waals surface area contributed by atoms with E-state index in [0.717, 1.165) is 24.0 Å². The molecule has 0 spiro atoms. The molecule has 0 aliphatic carbocycles. The summed E-state index contributed by atoms with van der Waals surface area (Å²) in [6.45, 7) is 3.84. The first-order valence-corrected chi connectivity index (χ1v) is 14.5. The van der Waals surface area contributed by atoms with Crippen molar-refractivity contribution in [1.82, 2.24) is 10.6 Å². The first-order valence-electron chi connectivity index (χ1n) is 14.5. The third-order valence-corrected chi connectivity index (χ3v) is 7.42. The number of allylic oxidation sites excluding steroid dienone is 2. The number of aliphatic hydroxyl groups excluding tert-OH is 1. The predicted octanol–water partition coefficient (Wildman–Crippen LogP) is 4.39. The minimum atomic E-state index is -0.571. The first kappa shape index (κ1) is 31.1. The van der Waals surface area contributed by atoms with Gasteiger partial charge in [-0.15, -0.1) is 0 Å². The Morgan fingerprint density at radius 3 is 2.33 bits per heavy atom. The molecule has 1 aliphatic rings. The average Bonchev–Trinajstić information content (AvgIpc) is 2.95. The van der Waals surface area contributed by atoms with Gasteiger partial charge in [0.05, 0.1) is 30.5 Å². The summed E-state index contributed by atoms with van der Waals surface area (Å²) in [5, 5.41) is 15.8. The average molecular weight is 549 g/mol. The topological polar surface area (TPSA) is 105 Å². The lowest BCUT2D eigenvalue weighted by Gasteiger charge is -2.26. The van der Waals surface area contributed by atoms with Gasteiger partial charge >= 0.3 is 5.97 Å². The van der Waals surface area contributed by atoms with Crippen LogP contribution >= 0.6 is 0 Å². The standard InChI is InChI=1S/C33H44N2O5/c1-24(2)30-23-40-33(39)28(19-25-13-7-5-8-14-25)18-12-4-3-11-17-27(32(38)35-30)21-31(37)34-29(22-36)20-26-15-9-6-10-16-26/h3,5-11,13-16,24,27-30,36H,4,12,17-23H2,1-2H3,(H,34,37)(H,35,38)/t27-,28-,29-,30-/m1/s1. The fraction of sp³-hybridized carbons (Fsp3) is 0.485. The number of carbonyl (C=O) groups excluding carboxylic acids is 3. The van der Waals surface area contributed by atoms with Gasteiger partial charge in [0.2, 0.25) is 11.8 Å². The van der Waals surface area contributed by atoms with Crippen LogP contribution in [-0.2, 0) is 32.0 Å². The summed E-state index contributed by atoms with van der Waals surface area (Å²) >= 11 is 0. The summed E-state index contributed by atoms with van der Waals surface area (Å²) in [6, 6.07) is 18.8. The molecule has 3 rings (SSSR count). The third kappa shape index (κ3) is 10.6. The van der Waals surface area contributed by atoms with Gasteiger partial charge in [-0.3, -0.25) is 14.4 Å². The zero-order valence-corrected chi connectivity index (χ0v) is 23.8. The van der Waals surface area contributed by atoms with Crippen molar-refractivity contribution in [1.29, 1.82) is 0 Å². The number of ether oxygens (including phenoxy) is 1. The molecule has 0 unspecified atom stereocenters. The molecule has 216 valence electrons. The third-order valence-electron chi connectivity index (χ3n) is 7.42. The molecule has 0 fully saturated rings. The number of esters is 1.